The van der Waals surface area contributed by atoms with E-state index in [4.69, 9.17) is 5.73 Å². The van der Waals surface area contributed by atoms with Crippen LogP contribution in [0, 0.1) is 0 Å². The van der Waals surface area contributed by atoms with Crippen LogP contribution in [0.25, 0.3) is 0 Å². The van der Waals surface area contributed by atoms with Gasteiger partial charge in [-0.2, -0.15) is 0 Å². The van der Waals surface area contributed by atoms with Crippen molar-refractivity contribution in [3.8, 4) is 0 Å². The van der Waals surface area contributed by atoms with Crippen LogP contribution < -0.4 is 5.73 Å². The summed E-state index contributed by atoms with van der Waals surface area (Å²) in [5, 5.41) is 0. The Morgan fingerprint density at radius 3 is 2.88 bits per heavy atom. The van der Waals surface area contributed by atoms with Crippen molar-refractivity contribution in [1.82, 2.24) is 9.88 Å². The van der Waals surface area contributed by atoms with E-state index in [1.807, 2.05) is 0 Å². The van der Waals surface area contributed by atoms with Crippen molar-refractivity contribution < 1.29 is 4.79 Å². The van der Waals surface area contributed by atoms with Gasteiger partial charge in [-0.1, -0.05) is 19.8 Å². The predicted octanol–water partition coefficient (Wildman–Crippen LogP) is 1.93. The molecule has 0 bridgehead atoms. The quantitative estimate of drug-likeness (QED) is 0.773. The highest BCUT2D eigenvalue weighted by Crippen LogP contribution is 2.06. The molecule has 2 N–H and O–H groups in total. The maximum atomic E-state index is 11.9. The summed E-state index contributed by atoms with van der Waals surface area (Å²) in [6.45, 7) is 2.91. The molecular formula is C12H19N3O. The average molecular weight is 221 g/mol. The third-order valence-corrected chi connectivity index (χ3v) is 2.45. The fourth-order valence-corrected chi connectivity index (χ4v) is 1.46. The first-order valence-electron chi connectivity index (χ1n) is 5.62. The van der Waals surface area contributed by atoms with Crippen molar-refractivity contribution in [2.24, 2.45) is 0 Å². The van der Waals surface area contributed by atoms with Crippen molar-refractivity contribution in [1.29, 1.82) is 0 Å². The highest BCUT2D eigenvalue weighted by molar-refractivity contribution is 5.92. The summed E-state index contributed by atoms with van der Waals surface area (Å²) in [7, 11) is 1.79. The van der Waals surface area contributed by atoms with Gasteiger partial charge in [-0.05, 0) is 18.6 Å². The Hall–Kier alpha value is -1.58. The number of pyridine rings is 1. The van der Waals surface area contributed by atoms with Gasteiger partial charge >= 0.3 is 0 Å². The maximum absolute atomic E-state index is 11.9. The van der Waals surface area contributed by atoms with E-state index in [1.165, 1.54) is 0 Å². The molecule has 0 radical (unpaired) electrons. The molecule has 0 aliphatic heterocycles. The van der Waals surface area contributed by atoms with Crippen molar-refractivity contribution >= 4 is 11.6 Å². The zero-order valence-electron chi connectivity index (χ0n) is 9.94. The molecule has 1 rings (SSSR count). The molecule has 0 spiro atoms. The number of nitrogens with zero attached hydrogens (tertiary/aromatic N) is 2. The van der Waals surface area contributed by atoms with Crippen molar-refractivity contribution in [3.05, 3.63) is 24.0 Å². The lowest BCUT2D eigenvalue weighted by Gasteiger charge is -2.16. The van der Waals surface area contributed by atoms with Gasteiger partial charge < -0.3 is 10.6 Å². The summed E-state index contributed by atoms with van der Waals surface area (Å²) in [5.74, 6) is -0.0663. The summed E-state index contributed by atoms with van der Waals surface area (Å²) in [6.07, 6.45) is 4.88. The molecule has 88 valence electrons. The van der Waals surface area contributed by atoms with Gasteiger partial charge in [-0.25, -0.2) is 0 Å². The zero-order chi connectivity index (χ0) is 12.0. The minimum Gasteiger partial charge on any atom is -0.399 e. The first-order valence-corrected chi connectivity index (χ1v) is 5.62. The highest BCUT2D eigenvalue weighted by Gasteiger charge is 2.12. The van der Waals surface area contributed by atoms with Crippen LogP contribution in [0.1, 0.15) is 36.7 Å². The smallest absolute Gasteiger partial charge is 0.272 e. The minimum atomic E-state index is -0.0663. The summed E-state index contributed by atoms with van der Waals surface area (Å²) >= 11 is 0. The Morgan fingerprint density at radius 2 is 2.25 bits per heavy atom. The van der Waals surface area contributed by atoms with Gasteiger partial charge in [0.1, 0.15) is 5.69 Å². The maximum Gasteiger partial charge on any atom is 0.272 e. The molecule has 0 unspecified atom stereocenters. The van der Waals surface area contributed by atoms with Gasteiger partial charge in [0, 0.05) is 25.5 Å². The molecule has 4 heteroatoms. The molecule has 0 fully saturated rings. The van der Waals surface area contributed by atoms with Crippen LogP contribution in [0.5, 0.6) is 0 Å². The van der Waals surface area contributed by atoms with Crippen LogP contribution in [-0.2, 0) is 0 Å². The number of nitrogen functional groups attached to an aromatic ring is 1. The molecular weight excluding hydrogens is 202 g/mol. The zero-order valence-corrected chi connectivity index (χ0v) is 9.94. The van der Waals surface area contributed by atoms with Gasteiger partial charge in [-0.3, -0.25) is 9.78 Å². The lowest BCUT2D eigenvalue weighted by molar-refractivity contribution is 0.0787. The van der Waals surface area contributed by atoms with E-state index in [-0.39, 0.29) is 5.91 Å². The summed E-state index contributed by atoms with van der Waals surface area (Å²) in [6, 6.07) is 3.28. The molecule has 1 amide bonds. The van der Waals surface area contributed by atoms with Gasteiger partial charge in [0.25, 0.3) is 5.91 Å². The number of amides is 1. The van der Waals surface area contributed by atoms with E-state index in [0.29, 0.717) is 11.4 Å². The van der Waals surface area contributed by atoms with Crippen molar-refractivity contribution in [2.45, 2.75) is 26.2 Å². The topological polar surface area (TPSA) is 59.2 Å². The first-order chi connectivity index (χ1) is 7.65. The van der Waals surface area contributed by atoms with Crippen LogP contribution in [0.2, 0.25) is 0 Å². The molecule has 0 aliphatic rings. The number of carbonyl (C=O) groups excluding carboxylic acids is 1. The summed E-state index contributed by atoms with van der Waals surface area (Å²) < 4.78 is 0. The largest absolute Gasteiger partial charge is 0.399 e. The van der Waals surface area contributed by atoms with Crippen molar-refractivity contribution in [3.63, 3.8) is 0 Å². The Morgan fingerprint density at radius 1 is 1.50 bits per heavy atom. The van der Waals surface area contributed by atoms with Gasteiger partial charge in [0.2, 0.25) is 0 Å². The van der Waals surface area contributed by atoms with E-state index in [9.17, 15) is 4.79 Å². The van der Waals surface area contributed by atoms with E-state index in [1.54, 1.807) is 30.3 Å². The van der Waals surface area contributed by atoms with Gasteiger partial charge in [0.05, 0.1) is 0 Å². The van der Waals surface area contributed by atoms with Crippen molar-refractivity contribution in [2.75, 3.05) is 19.3 Å². The molecule has 1 aromatic heterocycles. The molecule has 1 aromatic rings. The number of hydrogen-bond donors (Lipinski definition) is 1. The molecule has 0 aliphatic carbocycles. The lowest BCUT2D eigenvalue weighted by atomic mass is 10.2. The third-order valence-electron chi connectivity index (χ3n) is 2.45. The number of carbonyl (C=O) groups is 1. The number of nitrogens with two attached hydrogens (primary N) is 1. The molecule has 0 saturated carbocycles. The molecule has 0 saturated heterocycles. The normalized spacial score (nSPS) is 10.1. The Bertz CT molecular complexity index is 352. The monoisotopic (exact) mass is 221 g/mol. The van der Waals surface area contributed by atoms with Crippen LogP contribution in [-0.4, -0.2) is 29.4 Å². The summed E-state index contributed by atoms with van der Waals surface area (Å²) in [4.78, 5) is 17.6. The second-order valence-electron chi connectivity index (χ2n) is 3.91. The van der Waals surface area contributed by atoms with Crippen LogP contribution in [0.15, 0.2) is 18.3 Å². The van der Waals surface area contributed by atoms with Crippen LogP contribution in [0.4, 0.5) is 5.69 Å². The SMILES string of the molecule is CCCCCN(C)C(=O)c1cc(N)ccn1. The number of hydrogen-bond acceptors (Lipinski definition) is 3. The molecule has 16 heavy (non-hydrogen) atoms. The third kappa shape index (κ3) is 3.53. The van der Waals surface area contributed by atoms with E-state index < -0.39 is 0 Å². The number of rotatable bonds is 5. The Kier molecular flexibility index (Phi) is 4.76. The van der Waals surface area contributed by atoms with Crippen LogP contribution in [0.3, 0.4) is 0 Å². The number of anilines is 1. The van der Waals surface area contributed by atoms with E-state index in [2.05, 4.69) is 11.9 Å². The highest BCUT2D eigenvalue weighted by atomic mass is 16.2. The molecule has 4 nitrogen and oxygen atoms in total. The second-order valence-corrected chi connectivity index (χ2v) is 3.91. The molecule has 0 aromatic carbocycles. The second kappa shape index (κ2) is 6.10. The number of aromatic nitrogens is 1. The first kappa shape index (κ1) is 12.5. The molecule has 0 atom stereocenters. The lowest BCUT2D eigenvalue weighted by Crippen LogP contribution is -2.28. The Balaban J connectivity index is 2.56. The summed E-state index contributed by atoms with van der Waals surface area (Å²) in [5.41, 5.74) is 6.59. The fourth-order valence-electron chi connectivity index (χ4n) is 1.46. The van der Waals surface area contributed by atoms with E-state index in [0.717, 1.165) is 25.8 Å². The molecule has 1 heterocycles. The number of unbranched alkanes of at least 4 members (excludes halogenated alkanes) is 2. The fraction of sp³-hybridized carbons (Fsp3) is 0.500. The van der Waals surface area contributed by atoms with Crippen LogP contribution >= 0.6 is 0 Å². The van der Waals surface area contributed by atoms with Gasteiger partial charge in [0.15, 0.2) is 0 Å². The van der Waals surface area contributed by atoms with Gasteiger partial charge in [-0.15, -0.1) is 0 Å². The Labute approximate surface area is 96.5 Å². The predicted molar refractivity (Wildman–Crippen MR) is 65.1 cm³/mol. The minimum absolute atomic E-state index is 0.0663. The van der Waals surface area contributed by atoms with E-state index >= 15 is 0 Å². The standard InChI is InChI=1S/C12H19N3O/c1-3-4-5-8-15(2)12(16)11-9-10(13)6-7-14-11/h6-7,9H,3-5,8H2,1-2H3,(H2,13,14). The average Bonchev–Trinajstić information content (AvgIpc) is 2.28.